The first-order chi connectivity index (χ1) is 9.81. The highest BCUT2D eigenvalue weighted by Gasteiger charge is 2.38. The van der Waals surface area contributed by atoms with Gasteiger partial charge in [0.1, 0.15) is 17.6 Å². The number of aryl methyl sites for hydroxylation is 2. The maximum absolute atomic E-state index is 12.6. The summed E-state index contributed by atoms with van der Waals surface area (Å²) in [5.74, 6) is -0.0102. The molecular formula is C15H22N2O4. The average Bonchev–Trinajstić information content (AvgIpc) is 2.76. The molecule has 1 aliphatic heterocycles. The lowest BCUT2D eigenvalue weighted by Crippen LogP contribution is -2.53. The maximum Gasteiger partial charge on any atom is 0.326 e. The van der Waals surface area contributed by atoms with E-state index >= 15 is 0 Å². The maximum atomic E-state index is 12.6. The highest BCUT2D eigenvalue weighted by atomic mass is 16.4. The van der Waals surface area contributed by atoms with Gasteiger partial charge >= 0.3 is 5.97 Å². The summed E-state index contributed by atoms with van der Waals surface area (Å²) in [4.78, 5) is 27.6. The van der Waals surface area contributed by atoms with E-state index < -0.39 is 12.0 Å². The van der Waals surface area contributed by atoms with Crippen LogP contribution in [0.4, 0.5) is 0 Å². The van der Waals surface area contributed by atoms with Crippen LogP contribution in [0.5, 0.6) is 0 Å². The van der Waals surface area contributed by atoms with Gasteiger partial charge in [0.25, 0.3) is 5.91 Å². The van der Waals surface area contributed by atoms with E-state index in [0.29, 0.717) is 30.0 Å². The van der Waals surface area contributed by atoms with Gasteiger partial charge in [0.15, 0.2) is 0 Å². The van der Waals surface area contributed by atoms with Crippen molar-refractivity contribution in [1.29, 1.82) is 0 Å². The molecule has 0 saturated carbocycles. The van der Waals surface area contributed by atoms with E-state index in [0.717, 1.165) is 6.42 Å². The van der Waals surface area contributed by atoms with Crippen molar-refractivity contribution in [1.82, 2.24) is 9.80 Å². The van der Waals surface area contributed by atoms with Crippen molar-refractivity contribution in [3.63, 3.8) is 0 Å². The molecule has 6 heteroatoms. The van der Waals surface area contributed by atoms with Gasteiger partial charge in [0.2, 0.25) is 0 Å². The number of aliphatic carboxylic acids is 1. The lowest BCUT2D eigenvalue weighted by molar-refractivity contribution is -0.144. The number of piperidine rings is 1. The molecule has 1 aromatic rings. The summed E-state index contributed by atoms with van der Waals surface area (Å²) >= 11 is 0. The van der Waals surface area contributed by atoms with Crippen molar-refractivity contribution in [3.8, 4) is 0 Å². The Kier molecular flexibility index (Phi) is 4.37. The third-order valence-electron chi connectivity index (χ3n) is 4.12. The van der Waals surface area contributed by atoms with Crippen LogP contribution < -0.4 is 0 Å². The van der Waals surface area contributed by atoms with Crippen LogP contribution in [0.3, 0.4) is 0 Å². The van der Waals surface area contributed by atoms with Gasteiger partial charge in [-0.1, -0.05) is 0 Å². The van der Waals surface area contributed by atoms with Crippen molar-refractivity contribution in [2.45, 2.75) is 38.8 Å². The molecule has 1 N–H and O–H groups in total. The molecule has 0 bridgehead atoms. The second kappa shape index (κ2) is 5.89. The van der Waals surface area contributed by atoms with Gasteiger partial charge in [0, 0.05) is 12.6 Å². The number of carboxylic acid groups (broad SMARTS) is 1. The molecule has 6 nitrogen and oxygen atoms in total. The van der Waals surface area contributed by atoms with Gasteiger partial charge in [0.05, 0.1) is 5.56 Å². The Morgan fingerprint density at radius 2 is 2.05 bits per heavy atom. The Hall–Kier alpha value is -1.82. The third-order valence-corrected chi connectivity index (χ3v) is 4.12. The number of nitrogens with zero attached hydrogens (tertiary/aromatic N) is 2. The number of amides is 1. The van der Waals surface area contributed by atoms with E-state index in [9.17, 15) is 14.7 Å². The number of likely N-dealkylation sites (tertiary alicyclic amines) is 1. The molecule has 2 rings (SSSR count). The fourth-order valence-corrected chi connectivity index (χ4v) is 2.89. The second-order valence-electron chi connectivity index (χ2n) is 5.82. The average molecular weight is 294 g/mol. The lowest BCUT2D eigenvalue weighted by Gasteiger charge is -2.39. The highest BCUT2D eigenvalue weighted by Crippen LogP contribution is 2.25. The smallest absolute Gasteiger partial charge is 0.326 e. The monoisotopic (exact) mass is 294 g/mol. The van der Waals surface area contributed by atoms with Crippen molar-refractivity contribution < 1.29 is 19.1 Å². The zero-order valence-corrected chi connectivity index (χ0v) is 12.9. The Labute approximate surface area is 124 Å². The molecule has 116 valence electrons. The third kappa shape index (κ3) is 3.10. The standard InChI is InChI=1S/C15H22N2O4/c1-9-7-12(10(2)21-9)14(18)17-6-5-11(16(3)4)8-13(17)15(19)20/h7,11,13H,5-6,8H2,1-4H3,(H,19,20)/t11-,13-/m1/s1. The van der Waals surface area contributed by atoms with Crippen LogP contribution in [0.1, 0.15) is 34.7 Å². The summed E-state index contributed by atoms with van der Waals surface area (Å²) in [7, 11) is 3.87. The zero-order chi connectivity index (χ0) is 15.7. The second-order valence-corrected chi connectivity index (χ2v) is 5.82. The van der Waals surface area contributed by atoms with Gasteiger partial charge < -0.3 is 19.3 Å². The van der Waals surface area contributed by atoms with Crippen molar-refractivity contribution in [2.24, 2.45) is 0 Å². The van der Waals surface area contributed by atoms with E-state index in [1.807, 2.05) is 19.0 Å². The molecule has 2 atom stereocenters. The fourth-order valence-electron chi connectivity index (χ4n) is 2.89. The Morgan fingerprint density at radius 3 is 2.52 bits per heavy atom. The Bertz CT molecular complexity index is 550. The van der Waals surface area contributed by atoms with Crippen LogP contribution in [-0.2, 0) is 4.79 Å². The van der Waals surface area contributed by atoms with Gasteiger partial charge in [-0.3, -0.25) is 4.79 Å². The number of carboxylic acids is 1. The van der Waals surface area contributed by atoms with E-state index in [-0.39, 0.29) is 11.9 Å². The predicted octanol–water partition coefficient (Wildman–Crippen LogP) is 1.52. The van der Waals surface area contributed by atoms with E-state index in [1.165, 1.54) is 4.90 Å². The number of carbonyl (C=O) groups is 2. The van der Waals surface area contributed by atoms with Gasteiger partial charge in [-0.25, -0.2) is 4.79 Å². The SMILES string of the molecule is Cc1cc(C(=O)N2CC[C@@H](N(C)C)C[C@@H]2C(=O)O)c(C)o1. The molecule has 21 heavy (non-hydrogen) atoms. The summed E-state index contributed by atoms with van der Waals surface area (Å²) in [6.07, 6.45) is 1.22. The number of carbonyl (C=O) groups excluding carboxylic acids is 1. The first-order valence-electron chi connectivity index (χ1n) is 7.08. The number of furan rings is 1. The van der Waals surface area contributed by atoms with Crippen molar-refractivity contribution >= 4 is 11.9 Å². The van der Waals surface area contributed by atoms with Gasteiger partial charge in [-0.2, -0.15) is 0 Å². The van der Waals surface area contributed by atoms with Crippen LogP contribution >= 0.6 is 0 Å². The predicted molar refractivity (Wildman–Crippen MR) is 77.4 cm³/mol. The summed E-state index contributed by atoms with van der Waals surface area (Å²) in [5, 5.41) is 9.44. The Balaban J connectivity index is 2.23. The quantitative estimate of drug-likeness (QED) is 0.915. The van der Waals surface area contributed by atoms with Crippen LogP contribution in [0.15, 0.2) is 10.5 Å². The van der Waals surface area contributed by atoms with E-state index in [4.69, 9.17) is 4.42 Å². The minimum atomic E-state index is -0.951. The molecule has 0 spiro atoms. The summed E-state index contributed by atoms with van der Waals surface area (Å²) in [6, 6.07) is 1.07. The zero-order valence-electron chi connectivity index (χ0n) is 12.9. The summed E-state index contributed by atoms with van der Waals surface area (Å²) in [6.45, 7) is 3.95. The molecule has 0 unspecified atom stereocenters. The molecular weight excluding hydrogens is 272 g/mol. The Morgan fingerprint density at radius 1 is 1.38 bits per heavy atom. The van der Waals surface area contributed by atoms with Crippen LogP contribution in [-0.4, -0.2) is 59.5 Å². The molecule has 0 aliphatic carbocycles. The first kappa shape index (κ1) is 15.6. The molecule has 1 fully saturated rings. The highest BCUT2D eigenvalue weighted by molar-refractivity contribution is 5.97. The van der Waals surface area contributed by atoms with Crippen LogP contribution in [0.25, 0.3) is 0 Å². The van der Waals surface area contributed by atoms with Gasteiger partial charge in [-0.15, -0.1) is 0 Å². The molecule has 1 amide bonds. The largest absolute Gasteiger partial charge is 0.480 e. The normalized spacial score (nSPS) is 22.6. The lowest BCUT2D eigenvalue weighted by atomic mass is 9.95. The van der Waals surface area contributed by atoms with E-state index in [1.54, 1.807) is 19.9 Å². The molecule has 1 saturated heterocycles. The molecule has 0 aromatic carbocycles. The fraction of sp³-hybridized carbons (Fsp3) is 0.600. The topological polar surface area (TPSA) is 74.0 Å². The first-order valence-corrected chi connectivity index (χ1v) is 7.08. The van der Waals surface area contributed by atoms with Crippen molar-refractivity contribution in [3.05, 3.63) is 23.2 Å². The van der Waals surface area contributed by atoms with Crippen LogP contribution in [0, 0.1) is 13.8 Å². The minimum Gasteiger partial charge on any atom is -0.480 e. The van der Waals surface area contributed by atoms with Crippen molar-refractivity contribution in [2.75, 3.05) is 20.6 Å². The number of hydrogen-bond donors (Lipinski definition) is 1. The molecule has 0 radical (unpaired) electrons. The number of rotatable bonds is 3. The van der Waals surface area contributed by atoms with Gasteiger partial charge in [-0.05, 0) is 46.9 Å². The van der Waals surface area contributed by atoms with E-state index in [2.05, 4.69) is 0 Å². The minimum absolute atomic E-state index is 0.183. The number of hydrogen-bond acceptors (Lipinski definition) is 4. The molecule has 1 aromatic heterocycles. The molecule has 1 aliphatic rings. The summed E-state index contributed by atoms with van der Waals surface area (Å²) in [5.41, 5.74) is 0.460. The summed E-state index contributed by atoms with van der Waals surface area (Å²) < 4.78 is 5.38. The van der Waals surface area contributed by atoms with Crippen LogP contribution in [0.2, 0.25) is 0 Å². The molecule has 2 heterocycles.